The van der Waals surface area contributed by atoms with E-state index in [1.165, 1.54) is 0 Å². The maximum absolute atomic E-state index is 13.1. The van der Waals surface area contributed by atoms with Crippen LogP contribution in [0.15, 0.2) is 11.6 Å². The highest BCUT2D eigenvalue weighted by molar-refractivity contribution is 5.77. The molecular formula is C41H66O13. The molecule has 2 heterocycles. The standard InChI is InChI=1S/C41H66O13/c1-20-10-15-41(35(48)49)17-16-38(5)21(32(41)40(20,7)50)8-9-25-37(4)13-12-26(36(2,3)24(37)11-14-39(25,38)6)53-33-30(47)31(22(43)19-51-33)54-34-29(46)28(45)27(44)23(18-42)52-34/h8,20,22-34,42-47,50H,9-19H2,1-7H3,(H,48,49). The molecule has 0 spiro atoms. The summed E-state index contributed by atoms with van der Waals surface area (Å²) in [7, 11) is 0. The lowest BCUT2D eigenvalue weighted by Crippen LogP contribution is -2.68. The lowest BCUT2D eigenvalue weighted by atomic mass is 9.33. The average molecular weight is 767 g/mol. The number of carboxylic acids is 1. The van der Waals surface area contributed by atoms with Crippen molar-refractivity contribution in [1.29, 1.82) is 0 Å². The Bertz CT molecular complexity index is 1470. The Morgan fingerprint density at radius 2 is 1.54 bits per heavy atom. The van der Waals surface area contributed by atoms with Gasteiger partial charge in [-0.25, -0.2) is 0 Å². The normalized spacial score (nSPS) is 55.7. The molecule has 0 bridgehead atoms. The number of carbonyl (C=O) groups is 1. The van der Waals surface area contributed by atoms with E-state index < -0.39 is 84.8 Å². The third-order valence-electron chi connectivity index (χ3n) is 17.3. The summed E-state index contributed by atoms with van der Waals surface area (Å²) < 4.78 is 23.8. The second kappa shape index (κ2) is 13.7. The van der Waals surface area contributed by atoms with E-state index in [0.29, 0.717) is 31.6 Å². The molecular weight excluding hydrogens is 700 g/mol. The van der Waals surface area contributed by atoms with Gasteiger partial charge in [0.15, 0.2) is 12.6 Å². The van der Waals surface area contributed by atoms with Crippen molar-refractivity contribution in [2.75, 3.05) is 13.2 Å². The fraction of sp³-hybridized carbons (Fsp3) is 0.927. The second-order valence-corrected chi connectivity index (χ2v) is 19.9. The van der Waals surface area contributed by atoms with Gasteiger partial charge in [0.05, 0.1) is 30.3 Å². The Morgan fingerprint density at radius 3 is 2.20 bits per heavy atom. The van der Waals surface area contributed by atoms with Gasteiger partial charge >= 0.3 is 5.97 Å². The van der Waals surface area contributed by atoms with E-state index in [2.05, 4.69) is 47.6 Å². The predicted molar refractivity (Wildman–Crippen MR) is 193 cm³/mol. The number of fused-ring (bicyclic) bond motifs is 7. The molecule has 19 unspecified atom stereocenters. The molecule has 5 aliphatic carbocycles. The van der Waals surface area contributed by atoms with Crippen molar-refractivity contribution in [2.45, 2.75) is 173 Å². The van der Waals surface area contributed by atoms with Gasteiger partial charge in [0.25, 0.3) is 0 Å². The van der Waals surface area contributed by atoms with Crippen LogP contribution in [0.25, 0.3) is 0 Å². The first-order valence-corrected chi connectivity index (χ1v) is 20.4. The summed E-state index contributed by atoms with van der Waals surface area (Å²) >= 11 is 0. The van der Waals surface area contributed by atoms with Gasteiger partial charge in [-0.3, -0.25) is 4.79 Å². The van der Waals surface area contributed by atoms with Crippen molar-refractivity contribution in [2.24, 2.45) is 50.7 Å². The fourth-order valence-electron chi connectivity index (χ4n) is 13.6. The lowest BCUT2D eigenvalue weighted by molar-refractivity contribution is -0.357. The van der Waals surface area contributed by atoms with Gasteiger partial charge in [0.1, 0.15) is 42.7 Å². The molecule has 0 aromatic heterocycles. The number of allylic oxidation sites excluding steroid dienone is 1. The minimum absolute atomic E-state index is 0.00224. The third kappa shape index (κ3) is 5.68. The van der Waals surface area contributed by atoms with Crippen LogP contribution in [0.3, 0.4) is 0 Å². The molecule has 7 rings (SSSR count). The Kier molecular flexibility index (Phi) is 10.4. The number of aliphatic hydroxyl groups excluding tert-OH is 6. The predicted octanol–water partition coefficient (Wildman–Crippen LogP) is 2.49. The zero-order valence-electron chi connectivity index (χ0n) is 33.1. The van der Waals surface area contributed by atoms with E-state index in [0.717, 1.165) is 37.7 Å². The van der Waals surface area contributed by atoms with Crippen LogP contribution in [-0.2, 0) is 23.7 Å². The van der Waals surface area contributed by atoms with Crippen LogP contribution in [0, 0.1) is 50.7 Å². The summed E-state index contributed by atoms with van der Waals surface area (Å²) in [6.07, 6.45) is -3.99. The van der Waals surface area contributed by atoms with E-state index in [9.17, 15) is 45.6 Å². The van der Waals surface area contributed by atoms with Gasteiger partial charge in [0.2, 0.25) is 0 Å². The Hall–Kier alpha value is -1.23. The number of aliphatic hydroxyl groups is 7. The highest BCUT2D eigenvalue weighted by Gasteiger charge is 2.71. The summed E-state index contributed by atoms with van der Waals surface area (Å²) in [5.74, 6) is -0.629. The van der Waals surface area contributed by atoms with Crippen molar-refractivity contribution in [3.63, 3.8) is 0 Å². The molecule has 0 amide bonds. The van der Waals surface area contributed by atoms with Gasteiger partial charge in [-0.2, -0.15) is 0 Å². The smallest absolute Gasteiger partial charge is 0.310 e. The SMILES string of the molecule is CC1CCC2(C(=O)O)CCC3(C)C(=CCC4C5(C)CCC(OC6OCC(O)C(OC7OC(CO)C(O)C(O)C7O)C6O)C(C)(C)C5CCC43C)C2C1(C)O. The maximum Gasteiger partial charge on any atom is 0.310 e. The molecule has 2 aliphatic heterocycles. The Morgan fingerprint density at radius 1 is 0.833 bits per heavy atom. The number of aliphatic carboxylic acids is 1. The van der Waals surface area contributed by atoms with Crippen LogP contribution in [0.1, 0.15) is 106 Å². The molecule has 19 atom stereocenters. The first-order valence-electron chi connectivity index (χ1n) is 20.4. The molecule has 4 saturated carbocycles. The van der Waals surface area contributed by atoms with E-state index >= 15 is 0 Å². The first-order chi connectivity index (χ1) is 25.1. The van der Waals surface area contributed by atoms with Crippen LogP contribution in [0.5, 0.6) is 0 Å². The zero-order valence-corrected chi connectivity index (χ0v) is 33.1. The van der Waals surface area contributed by atoms with Crippen molar-refractivity contribution in [3.8, 4) is 0 Å². The molecule has 7 aliphatic rings. The Balaban J connectivity index is 1.11. The lowest BCUT2D eigenvalue weighted by Gasteiger charge is -2.72. The molecule has 0 aromatic carbocycles. The summed E-state index contributed by atoms with van der Waals surface area (Å²) in [6, 6.07) is 0. The molecule has 13 nitrogen and oxygen atoms in total. The number of carboxylic acid groups (broad SMARTS) is 1. The van der Waals surface area contributed by atoms with Crippen molar-refractivity contribution >= 4 is 5.97 Å². The maximum atomic E-state index is 13.1. The monoisotopic (exact) mass is 766 g/mol. The molecule has 0 aromatic rings. The first kappa shape index (κ1) is 40.9. The topological polar surface area (TPSA) is 216 Å². The third-order valence-corrected chi connectivity index (χ3v) is 17.3. The van der Waals surface area contributed by atoms with Gasteiger partial charge in [-0.05, 0) is 104 Å². The van der Waals surface area contributed by atoms with Crippen molar-refractivity contribution in [3.05, 3.63) is 11.6 Å². The van der Waals surface area contributed by atoms with Gasteiger partial charge < -0.3 is 59.8 Å². The molecule has 8 N–H and O–H groups in total. The number of hydrogen-bond acceptors (Lipinski definition) is 12. The van der Waals surface area contributed by atoms with Crippen LogP contribution < -0.4 is 0 Å². The summed E-state index contributed by atoms with van der Waals surface area (Å²) in [5.41, 5.74) is -1.70. The van der Waals surface area contributed by atoms with Crippen molar-refractivity contribution in [1.82, 2.24) is 0 Å². The van der Waals surface area contributed by atoms with Crippen LogP contribution in [0.4, 0.5) is 0 Å². The van der Waals surface area contributed by atoms with E-state index in [1.54, 1.807) is 0 Å². The summed E-state index contributed by atoms with van der Waals surface area (Å²) in [5, 5.41) is 85.7. The number of ether oxygens (including phenoxy) is 4. The second-order valence-electron chi connectivity index (χ2n) is 19.9. The highest BCUT2D eigenvalue weighted by atomic mass is 16.7. The highest BCUT2D eigenvalue weighted by Crippen LogP contribution is 2.76. The molecule has 2 saturated heterocycles. The largest absolute Gasteiger partial charge is 0.481 e. The van der Waals surface area contributed by atoms with Gasteiger partial charge in [-0.1, -0.05) is 53.2 Å². The van der Waals surface area contributed by atoms with E-state index in [4.69, 9.17) is 18.9 Å². The number of hydrogen-bond donors (Lipinski definition) is 8. The Labute approximate surface area is 319 Å². The zero-order chi connectivity index (χ0) is 39.6. The minimum atomic E-state index is -1.70. The van der Waals surface area contributed by atoms with E-state index in [1.807, 2.05) is 6.92 Å². The quantitative estimate of drug-likeness (QED) is 0.144. The molecule has 13 heteroatoms. The van der Waals surface area contributed by atoms with Gasteiger partial charge in [0, 0.05) is 5.92 Å². The summed E-state index contributed by atoms with van der Waals surface area (Å²) in [4.78, 5) is 13.1. The van der Waals surface area contributed by atoms with E-state index in [-0.39, 0.29) is 46.2 Å². The summed E-state index contributed by atoms with van der Waals surface area (Å²) in [6.45, 7) is 14.7. The van der Waals surface area contributed by atoms with Crippen molar-refractivity contribution < 1.29 is 64.6 Å². The molecule has 308 valence electrons. The van der Waals surface area contributed by atoms with Crippen LogP contribution in [0.2, 0.25) is 0 Å². The molecule has 6 fully saturated rings. The molecule has 0 radical (unpaired) electrons. The van der Waals surface area contributed by atoms with Crippen LogP contribution in [-0.4, -0.2) is 127 Å². The molecule has 54 heavy (non-hydrogen) atoms. The number of rotatable bonds is 6. The average Bonchev–Trinajstić information content (AvgIpc) is 3.10. The minimum Gasteiger partial charge on any atom is -0.481 e. The van der Waals surface area contributed by atoms with Gasteiger partial charge in [-0.15, -0.1) is 0 Å². The fourth-order valence-corrected chi connectivity index (χ4v) is 13.6. The van der Waals surface area contributed by atoms with Crippen LogP contribution >= 0.6 is 0 Å².